The van der Waals surface area contributed by atoms with Crippen LogP contribution in [0, 0.1) is 12.8 Å². The fourth-order valence-corrected chi connectivity index (χ4v) is 1.15. The van der Waals surface area contributed by atoms with E-state index in [0.29, 0.717) is 0 Å². The minimum atomic E-state index is 0.122. The average molecular weight is 188 g/mol. The molecule has 0 aromatic heterocycles. The molecule has 0 aliphatic heterocycles. The molecule has 0 heterocycles. The molecule has 0 amide bonds. The van der Waals surface area contributed by atoms with Gasteiger partial charge in [0.2, 0.25) is 0 Å². The summed E-state index contributed by atoms with van der Waals surface area (Å²) in [4.78, 5) is 10.4. The summed E-state index contributed by atoms with van der Waals surface area (Å²) in [5, 5.41) is 0. The van der Waals surface area contributed by atoms with Crippen LogP contribution in [0.3, 0.4) is 0 Å². The fraction of sp³-hybridized carbons (Fsp3) is 0.308. The summed E-state index contributed by atoms with van der Waals surface area (Å²) in [7, 11) is 0. The molecule has 1 atom stereocenters. The van der Waals surface area contributed by atoms with Crippen LogP contribution in [0.25, 0.3) is 6.08 Å². The van der Waals surface area contributed by atoms with E-state index in [0.717, 1.165) is 12.7 Å². The Hall–Kier alpha value is -1.37. The first-order chi connectivity index (χ1) is 6.72. The van der Waals surface area contributed by atoms with Crippen molar-refractivity contribution in [1.29, 1.82) is 0 Å². The van der Waals surface area contributed by atoms with Crippen molar-refractivity contribution in [2.75, 3.05) is 0 Å². The van der Waals surface area contributed by atoms with E-state index in [1.54, 1.807) is 0 Å². The molecule has 0 spiro atoms. The molecule has 1 aromatic carbocycles. The van der Waals surface area contributed by atoms with Gasteiger partial charge in [-0.3, -0.25) is 0 Å². The number of aldehydes is 1. The first kappa shape index (κ1) is 10.7. The maximum absolute atomic E-state index is 10.4. The lowest BCUT2D eigenvalue weighted by atomic mass is 10.1. The van der Waals surface area contributed by atoms with Crippen molar-refractivity contribution in [3.63, 3.8) is 0 Å². The molecule has 0 bridgehead atoms. The highest BCUT2D eigenvalue weighted by Gasteiger charge is 1.94. The van der Waals surface area contributed by atoms with Crippen LogP contribution in [0.1, 0.15) is 24.5 Å². The fourth-order valence-electron chi connectivity index (χ4n) is 1.15. The molecular formula is C13H16O. The number of hydrogen-bond donors (Lipinski definition) is 0. The highest BCUT2D eigenvalue weighted by molar-refractivity contribution is 5.55. The lowest BCUT2D eigenvalue weighted by molar-refractivity contribution is -0.110. The molecule has 0 aliphatic carbocycles. The van der Waals surface area contributed by atoms with Crippen LogP contribution in [0.4, 0.5) is 0 Å². The second-order valence-corrected chi connectivity index (χ2v) is 3.66. The van der Waals surface area contributed by atoms with Gasteiger partial charge in [-0.05, 0) is 18.9 Å². The van der Waals surface area contributed by atoms with E-state index in [-0.39, 0.29) is 5.92 Å². The average Bonchev–Trinajstić information content (AvgIpc) is 2.21. The second-order valence-electron chi connectivity index (χ2n) is 3.66. The number of benzene rings is 1. The smallest absolute Gasteiger partial charge is 0.123 e. The van der Waals surface area contributed by atoms with Crippen LogP contribution < -0.4 is 0 Å². The Bertz CT molecular complexity index is 309. The normalized spacial score (nSPS) is 13.0. The summed E-state index contributed by atoms with van der Waals surface area (Å²) in [6, 6.07) is 8.33. The Morgan fingerprint density at radius 1 is 1.29 bits per heavy atom. The quantitative estimate of drug-likeness (QED) is 0.663. The Kier molecular flexibility index (Phi) is 4.11. The number of carbonyl (C=O) groups is 1. The van der Waals surface area contributed by atoms with E-state index in [1.807, 2.05) is 13.0 Å². The molecule has 74 valence electrons. The minimum Gasteiger partial charge on any atom is -0.303 e. The van der Waals surface area contributed by atoms with Crippen molar-refractivity contribution in [3.05, 3.63) is 41.5 Å². The standard InChI is InChI=1S/C13H16O/c1-11-6-8-13(9-7-11)5-3-4-12(2)10-14/h3,5-10,12H,4H2,1-2H3. The van der Waals surface area contributed by atoms with E-state index in [2.05, 4.69) is 37.3 Å². The number of carbonyl (C=O) groups excluding carboxylic acids is 1. The molecule has 1 heteroatoms. The van der Waals surface area contributed by atoms with Gasteiger partial charge in [-0.2, -0.15) is 0 Å². The predicted octanol–water partition coefficient (Wildman–Crippen LogP) is 3.23. The Morgan fingerprint density at radius 2 is 1.93 bits per heavy atom. The maximum atomic E-state index is 10.4. The van der Waals surface area contributed by atoms with Gasteiger partial charge in [-0.15, -0.1) is 0 Å². The predicted molar refractivity (Wildman–Crippen MR) is 60.1 cm³/mol. The molecular weight excluding hydrogens is 172 g/mol. The van der Waals surface area contributed by atoms with Gasteiger partial charge in [0.1, 0.15) is 6.29 Å². The first-order valence-electron chi connectivity index (χ1n) is 4.91. The number of hydrogen-bond acceptors (Lipinski definition) is 1. The topological polar surface area (TPSA) is 17.1 Å². The van der Waals surface area contributed by atoms with Gasteiger partial charge in [0.15, 0.2) is 0 Å². The van der Waals surface area contributed by atoms with Crippen molar-refractivity contribution < 1.29 is 4.79 Å². The van der Waals surface area contributed by atoms with E-state index in [4.69, 9.17) is 0 Å². The number of rotatable bonds is 4. The Labute approximate surface area is 85.5 Å². The van der Waals surface area contributed by atoms with Crippen LogP contribution in [-0.4, -0.2) is 6.29 Å². The van der Waals surface area contributed by atoms with Crippen molar-refractivity contribution in [2.24, 2.45) is 5.92 Å². The molecule has 1 rings (SSSR count). The van der Waals surface area contributed by atoms with Gasteiger partial charge in [-0.1, -0.05) is 48.9 Å². The van der Waals surface area contributed by atoms with Crippen LogP contribution >= 0.6 is 0 Å². The summed E-state index contributed by atoms with van der Waals surface area (Å²) in [5.41, 5.74) is 2.46. The highest BCUT2D eigenvalue weighted by Crippen LogP contribution is 2.07. The lowest BCUT2D eigenvalue weighted by Gasteiger charge is -1.97. The van der Waals surface area contributed by atoms with Gasteiger partial charge >= 0.3 is 0 Å². The number of allylic oxidation sites excluding steroid dienone is 1. The molecule has 1 aromatic rings. The SMILES string of the molecule is Cc1ccc(C=CCC(C)C=O)cc1. The number of aryl methyl sites for hydroxylation is 1. The zero-order valence-electron chi connectivity index (χ0n) is 8.73. The lowest BCUT2D eigenvalue weighted by Crippen LogP contribution is -1.91. The third-order valence-corrected chi connectivity index (χ3v) is 2.13. The van der Waals surface area contributed by atoms with Crippen molar-refractivity contribution in [1.82, 2.24) is 0 Å². The molecule has 0 N–H and O–H groups in total. The first-order valence-corrected chi connectivity index (χ1v) is 4.91. The van der Waals surface area contributed by atoms with Gasteiger partial charge in [-0.25, -0.2) is 0 Å². The summed E-state index contributed by atoms with van der Waals surface area (Å²) in [6.07, 6.45) is 5.90. The van der Waals surface area contributed by atoms with Crippen molar-refractivity contribution >= 4 is 12.4 Å². The van der Waals surface area contributed by atoms with Gasteiger partial charge in [0, 0.05) is 5.92 Å². The Morgan fingerprint density at radius 3 is 2.50 bits per heavy atom. The summed E-state index contributed by atoms with van der Waals surface area (Å²) >= 11 is 0. The third kappa shape index (κ3) is 3.56. The Balaban J connectivity index is 2.51. The molecule has 0 fully saturated rings. The summed E-state index contributed by atoms with van der Waals surface area (Å²) < 4.78 is 0. The van der Waals surface area contributed by atoms with Crippen LogP contribution in [-0.2, 0) is 4.79 Å². The third-order valence-electron chi connectivity index (χ3n) is 2.13. The summed E-state index contributed by atoms with van der Waals surface area (Å²) in [5.74, 6) is 0.122. The van der Waals surface area contributed by atoms with Crippen molar-refractivity contribution in [3.8, 4) is 0 Å². The van der Waals surface area contributed by atoms with E-state index >= 15 is 0 Å². The van der Waals surface area contributed by atoms with Crippen molar-refractivity contribution in [2.45, 2.75) is 20.3 Å². The second kappa shape index (κ2) is 5.38. The van der Waals surface area contributed by atoms with Gasteiger partial charge in [0.05, 0.1) is 0 Å². The van der Waals surface area contributed by atoms with E-state index in [9.17, 15) is 4.79 Å². The molecule has 1 nitrogen and oxygen atoms in total. The molecule has 0 radical (unpaired) electrons. The zero-order valence-corrected chi connectivity index (χ0v) is 8.73. The van der Waals surface area contributed by atoms with Crippen LogP contribution in [0.2, 0.25) is 0 Å². The maximum Gasteiger partial charge on any atom is 0.123 e. The van der Waals surface area contributed by atoms with Gasteiger partial charge in [0.25, 0.3) is 0 Å². The van der Waals surface area contributed by atoms with Crippen LogP contribution in [0.5, 0.6) is 0 Å². The largest absolute Gasteiger partial charge is 0.303 e. The molecule has 14 heavy (non-hydrogen) atoms. The zero-order chi connectivity index (χ0) is 10.4. The summed E-state index contributed by atoms with van der Waals surface area (Å²) in [6.45, 7) is 3.99. The molecule has 0 saturated heterocycles. The van der Waals surface area contributed by atoms with Crippen LogP contribution in [0.15, 0.2) is 30.3 Å². The van der Waals surface area contributed by atoms with E-state index in [1.165, 1.54) is 11.1 Å². The van der Waals surface area contributed by atoms with E-state index < -0.39 is 0 Å². The molecule has 0 saturated carbocycles. The minimum absolute atomic E-state index is 0.122. The molecule has 1 unspecified atom stereocenters. The highest BCUT2D eigenvalue weighted by atomic mass is 16.1. The molecule has 0 aliphatic rings. The van der Waals surface area contributed by atoms with Gasteiger partial charge < -0.3 is 4.79 Å². The monoisotopic (exact) mass is 188 g/mol.